The highest BCUT2D eigenvalue weighted by molar-refractivity contribution is 5.82. The number of nitrogens with one attached hydrogen (secondary N) is 1. The van der Waals surface area contributed by atoms with Crippen molar-refractivity contribution in [2.45, 2.75) is 32.0 Å². The van der Waals surface area contributed by atoms with Gasteiger partial charge in [-0.15, -0.1) is 0 Å². The first-order valence-electron chi connectivity index (χ1n) is 7.63. The smallest absolute Gasteiger partial charge is 0.387 e. The third kappa shape index (κ3) is 6.11. The summed E-state index contributed by atoms with van der Waals surface area (Å²) in [5, 5.41) is 2.62. The van der Waals surface area contributed by atoms with E-state index in [0.29, 0.717) is 26.0 Å². The van der Waals surface area contributed by atoms with E-state index in [0.717, 1.165) is 12.0 Å². The van der Waals surface area contributed by atoms with Gasteiger partial charge in [-0.25, -0.2) is 4.79 Å². The molecule has 24 heavy (non-hydrogen) atoms. The first-order valence-corrected chi connectivity index (χ1v) is 7.63. The van der Waals surface area contributed by atoms with Crippen molar-refractivity contribution in [2.75, 3.05) is 19.8 Å². The maximum atomic E-state index is 12.0. The standard InChI is InChI=1S/C16H19F2NO5/c17-16(18)24-12-5-3-11(4-6-12)7-8-19-14(20)10-23-15(21)13-2-1-9-22-13/h3-6,13,16H,1-2,7-10H2,(H,19,20)/t13-/m1/s1. The van der Waals surface area contributed by atoms with E-state index >= 15 is 0 Å². The quantitative estimate of drug-likeness (QED) is 0.727. The third-order valence-electron chi connectivity index (χ3n) is 3.42. The minimum Gasteiger partial charge on any atom is -0.454 e. The van der Waals surface area contributed by atoms with Gasteiger partial charge in [0, 0.05) is 13.2 Å². The molecule has 1 heterocycles. The normalized spacial score (nSPS) is 16.9. The van der Waals surface area contributed by atoms with Crippen LogP contribution in [0.1, 0.15) is 18.4 Å². The van der Waals surface area contributed by atoms with Crippen LogP contribution in [0.3, 0.4) is 0 Å². The monoisotopic (exact) mass is 343 g/mol. The van der Waals surface area contributed by atoms with Crippen LogP contribution in [0.5, 0.6) is 5.75 Å². The second-order valence-corrected chi connectivity index (χ2v) is 5.23. The Kier molecular flexibility index (Phi) is 6.92. The lowest BCUT2D eigenvalue weighted by atomic mass is 10.1. The molecular formula is C16H19F2NO5. The molecule has 1 aromatic carbocycles. The zero-order valence-electron chi connectivity index (χ0n) is 13.0. The number of carbonyl (C=O) groups excluding carboxylic acids is 2. The van der Waals surface area contributed by atoms with Crippen LogP contribution >= 0.6 is 0 Å². The first-order chi connectivity index (χ1) is 11.5. The summed E-state index contributed by atoms with van der Waals surface area (Å²) in [5.41, 5.74) is 0.855. The van der Waals surface area contributed by atoms with Crippen molar-refractivity contribution < 1.29 is 32.6 Å². The van der Waals surface area contributed by atoms with Gasteiger partial charge >= 0.3 is 12.6 Å². The molecule has 0 radical (unpaired) electrons. The fraction of sp³-hybridized carbons (Fsp3) is 0.500. The maximum absolute atomic E-state index is 12.0. The van der Waals surface area contributed by atoms with E-state index in [1.165, 1.54) is 12.1 Å². The number of hydrogen-bond donors (Lipinski definition) is 1. The summed E-state index contributed by atoms with van der Waals surface area (Å²) in [7, 11) is 0. The van der Waals surface area contributed by atoms with E-state index in [1.807, 2.05) is 0 Å². The van der Waals surface area contributed by atoms with Crippen molar-refractivity contribution in [3.8, 4) is 5.75 Å². The molecule has 6 nitrogen and oxygen atoms in total. The number of ether oxygens (including phenoxy) is 3. The average molecular weight is 343 g/mol. The summed E-state index contributed by atoms with van der Waals surface area (Å²) in [5.74, 6) is -0.838. The molecule has 1 aromatic rings. The molecule has 1 amide bonds. The number of amides is 1. The Morgan fingerprint density at radius 3 is 2.67 bits per heavy atom. The van der Waals surface area contributed by atoms with Crippen LogP contribution in [-0.2, 0) is 25.5 Å². The van der Waals surface area contributed by atoms with E-state index < -0.39 is 24.6 Å². The van der Waals surface area contributed by atoms with E-state index in [-0.39, 0.29) is 12.4 Å². The molecule has 1 fully saturated rings. The zero-order chi connectivity index (χ0) is 17.4. The van der Waals surface area contributed by atoms with Crippen molar-refractivity contribution in [3.05, 3.63) is 29.8 Å². The maximum Gasteiger partial charge on any atom is 0.387 e. The Balaban J connectivity index is 1.62. The summed E-state index contributed by atoms with van der Waals surface area (Å²) in [6, 6.07) is 6.15. The van der Waals surface area contributed by atoms with Crippen molar-refractivity contribution in [3.63, 3.8) is 0 Å². The summed E-state index contributed by atoms with van der Waals surface area (Å²) < 4.78 is 38.3. The third-order valence-corrected chi connectivity index (χ3v) is 3.42. The molecule has 1 N–H and O–H groups in total. The van der Waals surface area contributed by atoms with E-state index in [2.05, 4.69) is 10.1 Å². The van der Waals surface area contributed by atoms with E-state index in [1.54, 1.807) is 12.1 Å². The van der Waals surface area contributed by atoms with Gasteiger partial charge in [-0.2, -0.15) is 8.78 Å². The molecule has 0 spiro atoms. The average Bonchev–Trinajstić information content (AvgIpc) is 3.08. The molecule has 132 valence electrons. The number of benzene rings is 1. The lowest BCUT2D eigenvalue weighted by Crippen LogP contribution is -2.32. The summed E-state index contributed by atoms with van der Waals surface area (Å²) in [6.07, 6.45) is 1.38. The summed E-state index contributed by atoms with van der Waals surface area (Å²) in [6.45, 7) is -2.33. The van der Waals surface area contributed by atoms with Gasteiger partial charge < -0.3 is 19.5 Å². The number of hydrogen-bond acceptors (Lipinski definition) is 5. The Bertz CT molecular complexity index is 544. The fourth-order valence-corrected chi connectivity index (χ4v) is 2.23. The van der Waals surface area contributed by atoms with Crippen molar-refractivity contribution in [1.29, 1.82) is 0 Å². The van der Waals surface area contributed by atoms with Crippen LogP contribution in [0.2, 0.25) is 0 Å². The van der Waals surface area contributed by atoms with Gasteiger partial charge in [0.15, 0.2) is 12.7 Å². The number of rotatable bonds is 8. The van der Waals surface area contributed by atoms with Gasteiger partial charge in [-0.1, -0.05) is 12.1 Å². The number of alkyl halides is 2. The summed E-state index contributed by atoms with van der Waals surface area (Å²) in [4.78, 5) is 23.2. The molecule has 0 unspecified atom stereocenters. The van der Waals surface area contributed by atoms with Crippen LogP contribution in [0.15, 0.2) is 24.3 Å². The molecule has 0 bridgehead atoms. The van der Waals surface area contributed by atoms with Crippen molar-refractivity contribution in [2.24, 2.45) is 0 Å². The first kappa shape index (κ1) is 18.1. The minimum absolute atomic E-state index is 0.0822. The number of esters is 1. The molecule has 0 aliphatic carbocycles. The van der Waals surface area contributed by atoms with Crippen LogP contribution < -0.4 is 10.1 Å². The largest absolute Gasteiger partial charge is 0.454 e. The second kappa shape index (κ2) is 9.17. The fourth-order valence-electron chi connectivity index (χ4n) is 2.23. The number of halogens is 2. The van der Waals surface area contributed by atoms with Gasteiger partial charge in [0.25, 0.3) is 5.91 Å². The van der Waals surface area contributed by atoms with Gasteiger partial charge in [0.05, 0.1) is 0 Å². The molecule has 1 aliphatic rings. The van der Waals surface area contributed by atoms with Crippen LogP contribution in [0.4, 0.5) is 8.78 Å². The van der Waals surface area contributed by atoms with Gasteiger partial charge in [-0.3, -0.25) is 4.79 Å². The zero-order valence-corrected chi connectivity index (χ0v) is 13.0. The molecule has 0 saturated carbocycles. The highest BCUT2D eigenvalue weighted by atomic mass is 19.3. The van der Waals surface area contributed by atoms with Crippen molar-refractivity contribution in [1.82, 2.24) is 5.32 Å². The Labute approximate surface area is 138 Å². The molecule has 2 rings (SSSR count). The van der Waals surface area contributed by atoms with Crippen LogP contribution in [0.25, 0.3) is 0 Å². The Morgan fingerprint density at radius 1 is 1.29 bits per heavy atom. The molecule has 1 saturated heterocycles. The Morgan fingerprint density at radius 2 is 2.04 bits per heavy atom. The minimum atomic E-state index is -2.85. The molecule has 8 heteroatoms. The second-order valence-electron chi connectivity index (χ2n) is 5.23. The Hall–Kier alpha value is -2.22. The number of carbonyl (C=O) groups is 2. The summed E-state index contributed by atoms with van der Waals surface area (Å²) >= 11 is 0. The van der Waals surface area contributed by atoms with E-state index in [4.69, 9.17) is 9.47 Å². The highest BCUT2D eigenvalue weighted by Gasteiger charge is 2.25. The van der Waals surface area contributed by atoms with Crippen molar-refractivity contribution >= 4 is 11.9 Å². The lowest BCUT2D eigenvalue weighted by molar-refractivity contribution is -0.157. The molecule has 0 aromatic heterocycles. The molecule has 1 atom stereocenters. The lowest BCUT2D eigenvalue weighted by Gasteiger charge is -2.10. The SMILES string of the molecule is O=C(COC(=O)[C@H]1CCCO1)NCCc1ccc(OC(F)F)cc1. The highest BCUT2D eigenvalue weighted by Crippen LogP contribution is 2.15. The topological polar surface area (TPSA) is 73.9 Å². The molecule has 1 aliphatic heterocycles. The van der Waals surface area contributed by atoms with Gasteiger partial charge in [-0.05, 0) is 37.0 Å². The van der Waals surface area contributed by atoms with Crippen LogP contribution in [0, 0.1) is 0 Å². The van der Waals surface area contributed by atoms with Gasteiger partial charge in [0.1, 0.15) is 5.75 Å². The van der Waals surface area contributed by atoms with E-state index in [9.17, 15) is 18.4 Å². The molecular weight excluding hydrogens is 324 g/mol. The van der Waals surface area contributed by atoms with Crippen LogP contribution in [-0.4, -0.2) is 44.4 Å². The van der Waals surface area contributed by atoms with Gasteiger partial charge in [0.2, 0.25) is 0 Å². The predicted molar refractivity (Wildman–Crippen MR) is 79.7 cm³/mol. The predicted octanol–water partition coefficient (Wildman–Crippen LogP) is 1.67.